The van der Waals surface area contributed by atoms with Gasteiger partial charge in [-0.05, 0) is 24.4 Å². The SMILES string of the molecule is Cc1ccc2sc(-c3cc(N)nn3C)cc2c1. The maximum Gasteiger partial charge on any atom is 0.146 e. The molecule has 2 N–H and O–H groups in total. The number of benzene rings is 1. The fraction of sp³-hybridized carbons (Fsp3) is 0.154. The van der Waals surface area contributed by atoms with E-state index in [0.29, 0.717) is 5.82 Å². The number of aromatic nitrogens is 2. The summed E-state index contributed by atoms with van der Waals surface area (Å²) < 4.78 is 3.12. The van der Waals surface area contributed by atoms with E-state index in [1.807, 2.05) is 17.8 Å². The minimum Gasteiger partial charge on any atom is -0.382 e. The van der Waals surface area contributed by atoms with Crippen molar-refractivity contribution in [1.82, 2.24) is 9.78 Å². The molecule has 17 heavy (non-hydrogen) atoms. The normalized spacial score (nSPS) is 11.2. The summed E-state index contributed by atoms with van der Waals surface area (Å²) in [6, 6.07) is 10.6. The van der Waals surface area contributed by atoms with E-state index in [1.165, 1.54) is 20.5 Å². The monoisotopic (exact) mass is 243 g/mol. The predicted octanol–water partition coefficient (Wildman–Crippen LogP) is 3.19. The van der Waals surface area contributed by atoms with Crippen LogP contribution in [-0.4, -0.2) is 9.78 Å². The first-order chi connectivity index (χ1) is 8.13. The molecule has 0 saturated heterocycles. The molecule has 0 aliphatic carbocycles. The smallest absolute Gasteiger partial charge is 0.146 e. The maximum absolute atomic E-state index is 5.71. The van der Waals surface area contributed by atoms with Crippen LogP contribution >= 0.6 is 11.3 Å². The molecule has 0 bridgehead atoms. The van der Waals surface area contributed by atoms with Crippen LogP contribution in [0, 0.1) is 6.92 Å². The fourth-order valence-corrected chi connectivity index (χ4v) is 3.10. The van der Waals surface area contributed by atoms with Crippen LogP contribution in [0.1, 0.15) is 5.56 Å². The average Bonchev–Trinajstić information content (AvgIpc) is 2.80. The average molecular weight is 243 g/mol. The molecule has 3 rings (SSSR count). The van der Waals surface area contributed by atoms with Gasteiger partial charge in [0, 0.05) is 17.8 Å². The van der Waals surface area contributed by atoms with E-state index in [1.54, 1.807) is 11.3 Å². The summed E-state index contributed by atoms with van der Waals surface area (Å²) in [5, 5.41) is 5.46. The van der Waals surface area contributed by atoms with Crippen LogP contribution in [-0.2, 0) is 7.05 Å². The van der Waals surface area contributed by atoms with E-state index in [2.05, 4.69) is 36.3 Å². The Morgan fingerprint density at radius 1 is 1.24 bits per heavy atom. The third-order valence-electron chi connectivity index (χ3n) is 2.82. The Morgan fingerprint density at radius 2 is 2.06 bits per heavy atom. The first-order valence-corrected chi connectivity index (χ1v) is 6.25. The van der Waals surface area contributed by atoms with Crippen LogP contribution in [0.5, 0.6) is 0 Å². The molecule has 0 aliphatic heterocycles. The molecule has 0 amide bonds. The first kappa shape index (κ1) is 10.4. The number of nitrogens with two attached hydrogens (primary N) is 1. The lowest BCUT2D eigenvalue weighted by atomic mass is 10.2. The van der Waals surface area contributed by atoms with Crippen molar-refractivity contribution in [3.63, 3.8) is 0 Å². The van der Waals surface area contributed by atoms with E-state index in [4.69, 9.17) is 5.73 Å². The summed E-state index contributed by atoms with van der Waals surface area (Å²) in [7, 11) is 1.92. The largest absolute Gasteiger partial charge is 0.382 e. The Bertz CT molecular complexity index is 694. The van der Waals surface area contributed by atoms with Crippen molar-refractivity contribution in [2.45, 2.75) is 6.92 Å². The zero-order valence-corrected chi connectivity index (χ0v) is 10.6. The van der Waals surface area contributed by atoms with Gasteiger partial charge in [0.05, 0.1) is 10.6 Å². The number of hydrogen-bond acceptors (Lipinski definition) is 3. The first-order valence-electron chi connectivity index (χ1n) is 5.43. The standard InChI is InChI=1S/C13H13N3S/c1-8-3-4-11-9(5-8)6-12(17-11)10-7-13(14)15-16(10)2/h3-7H,1-2H3,(H2,14,15). The molecule has 3 aromatic rings. The third-order valence-corrected chi connectivity index (χ3v) is 3.96. The van der Waals surface area contributed by atoms with Gasteiger partial charge in [-0.3, -0.25) is 4.68 Å². The number of nitrogens with zero attached hydrogens (tertiary/aromatic N) is 2. The van der Waals surface area contributed by atoms with Crippen molar-refractivity contribution in [2.24, 2.45) is 7.05 Å². The van der Waals surface area contributed by atoms with Crippen LogP contribution in [0.4, 0.5) is 5.82 Å². The molecule has 0 unspecified atom stereocenters. The van der Waals surface area contributed by atoms with E-state index in [0.717, 1.165) is 5.69 Å². The van der Waals surface area contributed by atoms with Crippen molar-refractivity contribution >= 4 is 27.2 Å². The van der Waals surface area contributed by atoms with Gasteiger partial charge in [-0.2, -0.15) is 5.10 Å². The summed E-state index contributed by atoms with van der Waals surface area (Å²) in [5.41, 5.74) is 8.06. The lowest BCUT2D eigenvalue weighted by Gasteiger charge is -1.95. The molecule has 2 aromatic heterocycles. The molecule has 4 heteroatoms. The molecule has 0 fully saturated rings. The zero-order chi connectivity index (χ0) is 12.0. The molecular formula is C13H13N3S. The number of thiophene rings is 1. The van der Waals surface area contributed by atoms with Gasteiger partial charge in [0.1, 0.15) is 5.82 Å². The lowest BCUT2D eigenvalue weighted by Crippen LogP contribution is -1.93. The molecule has 1 aromatic carbocycles. The summed E-state index contributed by atoms with van der Waals surface area (Å²) in [5.74, 6) is 0.566. The van der Waals surface area contributed by atoms with Gasteiger partial charge in [0.15, 0.2) is 0 Å². The van der Waals surface area contributed by atoms with Crippen molar-refractivity contribution < 1.29 is 0 Å². The number of hydrogen-bond donors (Lipinski definition) is 1. The quantitative estimate of drug-likeness (QED) is 0.713. The maximum atomic E-state index is 5.71. The van der Waals surface area contributed by atoms with Crippen molar-refractivity contribution in [2.75, 3.05) is 5.73 Å². The Labute approximate surface area is 103 Å². The summed E-state index contributed by atoms with van der Waals surface area (Å²) in [4.78, 5) is 1.21. The summed E-state index contributed by atoms with van der Waals surface area (Å²) in [6.45, 7) is 2.11. The number of nitrogen functional groups attached to an aromatic ring is 1. The Morgan fingerprint density at radius 3 is 2.76 bits per heavy atom. The minimum atomic E-state index is 0.566. The van der Waals surface area contributed by atoms with E-state index < -0.39 is 0 Å². The third kappa shape index (κ3) is 1.70. The molecule has 0 spiro atoms. The second-order valence-corrected chi connectivity index (χ2v) is 5.31. The zero-order valence-electron chi connectivity index (χ0n) is 9.77. The van der Waals surface area contributed by atoms with E-state index >= 15 is 0 Å². The Hall–Kier alpha value is -1.81. The molecule has 86 valence electrons. The van der Waals surface area contributed by atoms with Crippen LogP contribution < -0.4 is 5.73 Å². The van der Waals surface area contributed by atoms with Crippen molar-refractivity contribution in [1.29, 1.82) is 0 Å². The second kappa shape index (κ2) is 3.60. The van der Waals surface area contributed by atoms with Gasteiger partial charge in [0.25, 0.3) is 0 Å². The second-order valence-electron chi connectivity index (χ2n) is 4.23. The molecule has 0 aliphatic rings. The van der Waals surface area contributed by atoms with Crippen LogP contribution in [0.15, 0.2) is 30.3 Å². The molecular weight excluding hydrogens is 230 g/mol. The predicted molar refractivity (Wildman–Crippen MR) is 73.2 cm³/mol. The highest BCUT2D eigenvalue weighted by molar-refractivity contribution is 7.22. The summed E-state index contributed by atoms with van der Waals surface area (Å²) >= 11 is 1.77. The van der Waals surface area contributed by atoms with Crippen molar-refractivity contribution in [3.8, 4) is 10.6 Å². The molecule has 3 nitrogen and oxygen atoms in total. The van der Waals surface area contributed by atoms with Gasteiger partial charge in [0.2, 0.25) is 0 Å². The van der Waals surface area contributed by atoms with Crippen LogP contribution in [0.3, 0.4) is 0 Å². The minimum absolute atomic E-state index is 0.566. The van der Waals surface area contributed by atoms with Gasteiger partial charge in [-0.15, -0.1) is 11.3 Å². The molecule has 0 radical (unpaired) electrons. The molecule has 0 atom stereocenters. The highest BCUT2D eigenvalue weighted by Gasteiger charge is 2.09. The summed E-state index contributed by atoms with van der Waals surface area (Å²) in [6.07, 6.45) is 0. The molecule has 0 saturated carbocycles. The Balaban J connectivity index is 2.21. The fourth-order valence-electron chi connectivity index (χ4n) is 2.01. The van der Waals surface area contributed by atoms with Gasteiger partial charge >= 0.3 is 0 Å². The number of aryl methyl sites for hydroxylation is 2. The van der Waals surface area contributed by atoms with Gasteiger partial charge in [-0.1, -0.05) is 17.7 Å². The Kier molecular flexibility index (Phi) is 2.19. The number of rotatable bonds is 1. The van der Waals surface area contributed by atoms with Crippen LogP contribution in [0.25, 0.3) is 20.7 Å². The highest BCUT2D eigenvalue weighted by atomic mass is 32.1. The molecule has 2 heterocycles. The van der Waals surface area contributed by atoms with Gasteiger partial charge in [-0.25, -0.2) is 0 Å². The lowest BCUT2D eigenvalue weighted by molar-refractivity contribution is 0.782. The van der Waals surface area contributed by atoms with E-state index in [9.17, 15) is 0 Å². The van der Waals surface area contributed by atoms with E-state index in [-0.39, 0.29) is 0 Å². The highest BCUT2D eigenvalue weighted by Crippen LogP contribution is 2.34. The number of fused-ring (bicyclic) bond motifs is 1. The van der Waals surface area contributed by atoms with Crippen molar-refractivity contribution in [3.05, 3.63) is 35.9 Å². The number of anilines is 1. The van der Waals surface area contributed by atoms with Gasteiger partial charge < -0.3 is 5.73 Å². The topological polar surface area (TPSA) is 43.8 Å². The van der Waals surface area contributed by atoms with Crippen LogP contribution in [0.2, 0.25) is 0 Å².